The molecular weight excluding hydrogens is 481 g/mol. The molecule has 0 saturated heterocycles. The van der Waals surface area contributed by atoms with Crippen molar-refractivity contribution in [1.82, 2.24) is 0 Å². The highest BCUT2D eigenvalue weighted by atomic mass is 35.5. The molecule has 3 aromatic carbocycles. The standard InChI is InChI=1S/C22H16Cl2F2N2O3S/c1-2-11-28(20-6-4-3-5-16(20)23)32(30,31)21-12-14(7-9-17(21)24)22(29)27-19-13-15(25)8-10-18(19)26/h2-10,12-13H,1,11H2,(H,27,29). The fourth-order valence-electron chi connectivity index (χ4n) is 2.85. The second kappa shape index (κ2) is 9.68. The summed E-state index contributed by atoms with van der Waals surface area (Å²) in [5.41, 5.74) is -0.324. The molecule has 3 aromatic rings. The van der Waals surface area contributed by atoms with Gasteiger partial charge >= 0.3 is 0 Å². The highest BCUT2D eigenvalue weighted by molar-refractivity contribution is 7.93. The zero-order chi connectivity index (χ0) is 23.5. The van der Waals surface area contributed by atoms with Gasteiger partial charge in [-0.05, 0) is 42.5 Å². The maximum Gasteiger partial charge on any atom is 0.266 e. The first kappa shape index (κ1) is 23.7. The molecule has 32 heavy (non-hydrogen) atoms. The van der Waals surface area contributed by atoms with Gasteiger partial charge in [0.1, 0.15) is 16.5 Å². The maximum absolute atomic E-state index is 13.9. The van der Waals surface area contributed by atoms with Crippen LogP contribution in [-0.4, -0.2) is 20.9 Å². The number of rotatable bonds is 7. The molecule has 0 fully saturated rings. The molecule has 0 heterocycles. The van der Waals surface area contributed by atoms with Crippen LogP contribution in [0.1, 0.15) is 10.4 Å². The third-order valence-corrected chi connectivity index (χ3v) is 6.93. The van der Waals surface area contributed by atoms with Crippen molar-refractivity contribution in [3.63, 3.8) is 0 Å². The minimum atomic E-state index is -4.28. The van der Waals surface area contributed by atoms with Gasteiger partial charge in [0.05, 0.1) is 28.0 Å². The van der Waals surface area contributed by atoms with Gasteiger partial charge in [0.15, 0.2) is 0 Å². The van der Waals surface area contributed by atoms with Crippen LogP contribution in [0.15, 0.2) is 78.2 Å². The Balaban J connectivity index is 2.03. The van der Waals surface area contributed by atoms with E-state index in [2.05, 4.69) is 11.9 Å². The normalized spacial score (nSPS) is 11.1. The lowest BCUT2D eigenvalue weighted by Gasteiger charge is -2.24. The van der Waals surface area contributed by atoms with Crippen molar-refractivity contribution in [3.8, 4) is 0 Å². The van der Waals surface area contributed by atoms with Crippen LogP contribution in [-0.2, 0) is 10.0 Å². The van der Waals surface area contributed by atoms with Crippen LogP contribution in [0.2, 0.25) is 10.0 Å². The molecule has 1 amide bonds. The van der Waals surface area contributed by atoms with Gasteiger partial charge in [0, 0.05) is 11.6 Å². The lowest BCUT2D eigenvalue weighted by molar-refractivity contribution is 0.102. The van der Waals surface area contributed by atoms with E-state index in [0.717, 1.165) is 28.6 Å². The number of hydrogen-bond donors (Lipinski definition) is 1. The Kier molecular flexibility index (Phi) is 7.18. The summed E-state index contributed by atoms with van der Waals surface area (Å²) in [7, 11) is -4.28. The Labute approximate surface area is 193 Å². The number of carbonyl (C=O) groups excluding carboxylic acids is 1. The number of anilines is 2. The van der Waals surface area contributed by atoms with Gasteiger partial charge in [-0.2, -0.15) is 0 Å². The second-order valence-electron chi connectivity index (χ2n) is 6.50. The third kappa shape index (κ3) is 4.93. The largest absolute Gasteiger partial charge is 0.319 e. The summed E-state index contributed by atoms with van der Waals surface area (Å²) in [6.45, 7) is 3.46. The van der Waals surface area contributed by atoms with E-state index in [4.69, 9.17) is 23.2 Å². The van der Waals surface area contributed by atoms with E-state index < -0.39 is 33.3 Å². The minimum Gasteiger partial charge on any atom is -0.319 e. The zero-order valence-corrected chi connectivity index (χ0v) is 18.7. The van der Waals surface area contributed by atoms with Gasteiger partial charge in [-0.1, -0.05) is 41.4 Å². The predicted molar refractivity (Wildman–Crippen MR) is 122 cm³/mol. The maximum atomic E-state index is 13.9. The van der Waals surface area contributed by atoms with E-state index in [0.29, 0.717) is 0 Å². The lowest BCUT2D eigenvalue weighted by Crippen LogP contribution is -2.32. The van der Waals surface area contributed by atoms with Crippen molar-refractivity contribution < 1.29 is 22.0 Å². The van der Waals surface area contributed by atoms with Gasteiger partial charge in [-0.3, -0.25) is 9.10 Å². The first-order chi connectivity index (χ1) is 15.1. The van der Waals surface area contributed by atoms with Crippen LogP contribution in [0.3, 0.4) is 0 Å². The van der Waals surface area contributed by atoms with Crippen molar-refractivity contribution in [2.45, 2.75) is 4.90 Å². The molecule has 0 aromatic heterocycles. The van der Waals surface area contributed by atoms with Crippen molar-refractivity contribution >= 4 is 50.5 Å². The van der Waals surface area contributed by atoms with Gasteiger partial charge < -0.3 is 5.32 Å². The Morgan fingerprint density at radius 1 is 1.03 bits per heavy atom. The van der Waals surface area contributed by atoms with Crippen molar-refractivity contribution in [3.05, 3.63) is 101 Å². The van der Waals surface area contributed by atoms with Crippen molar-refractivity contribution in [2.24, 2.45) is 0 Å². The summed E-state index contributed by atoms with van der Waals surface area (Å²) < 4.78 is 55.1. The Morgan fingerprint density at radius 2 is 1.75 bits per heavy atom. The third-order valence-electron chi connectivity index (χ3n) is 4.35. The molecule has 0 saturated carbocycles. The van der Waals surface area contributed by atoms with Crippen molar-refractivity contribution in [2.75, 3.05) is 16.2 Å². The molecule has 5 nitrogen and oxygen atoms in total. The minimum absolute atomic E-state index is 0.118. The van der Waals surface area contributed by atoms with E-state index in [9.17, 15) is 22.0 Å². The highest BCUT2D eigenvalue weighted by Crippen LogP contribution is 2.33. The second-order valence-corrected chi connectivity index (χ2v) is 9.14. The zero-order valence-electron chi connectivity index (χ0n) is 16.4. The van der Waals surface area contributed by atoms with E-state index >= 15 is 0 Å². The molecule has 0 aliphatic heterocycles. The van der Waals surface area contributed by atoms with Crippen LogP contribution in [0.4, 0.5) is 20.2 Å². The van der Waals surface area contributed by atoms with Crippen LogP contribution in [0.5, 0.6) is 0 Å². The summed E-state index contributed by atoms with van der Waals surface area (Å²) in [6, 6.07) is 12.4. The molecule has 0 aliphatic carbocycles. The molecule has 0 unspecified atom stereocenters. The number of halogens is 4. The molecule has 0 atom stereocenters. The Bertz CT molecular complexity index is 1300. The van der Waals surface area contributed by atoms with Gasteiger partial charge in [0.25, 0.3) is 15.9 Å². The van der Waals surface area contributed by atoms with E-state index in [1.54, 1.807) is 12.1 Å². The van der Waals surface area contributed by atoms with Crippen molar-refractivity contribution in [1.29, 1.82) is 0 Å². The van der Waals surface area contributed by atoms with Gasteiger partial charge in [0.2, 0.25) is 0 Å². The van der Waals surface area contributed by atoms with Crippen LogP contribution in [0.25, 0.3) is 0 Å². The number of hydrogen-bond acceptors (Lipinski definition) is 3. The molecular formula is C22H16Cl2F2N2O3S. The molecule has 0 spiro atoms. The fourth-order valence-corrected chi connectivity index (χ4v) is 5.09. The molecule has 10 heteroatoms. The van der Waals surface area contributed by atoms with E-state index in [1.165, 1.54) is 30.3 Å². The monoisotopic (exact) mass is 496 g/mol. The number of sulfonamides is 1. The summed E-state index contributed by atoms with van der Waals surface area (Å²) >= 11 is 12.3. The lowest BCUT2D eigenvalue weighted by atomic mass is 10.2. The Hall–Kier alpha value is -2.94. The fraction of sp³-hybridized carbons (Fsp3) is 0.0455. The molecule has 1 N–H and O–H groups in total. The van der Waals surface area contributed by atoms with Crippen LogP contribution in [0, 0.1) is 11.6 Å². The van der Waals surface area contributed by atoms with Gasteiger partial charge in [-0.15, -0.1) is 6.58 Å². The number of nitrogens with one attached hydrogen (secondary N) is 1. The summed E-state index contributed by atoms with van der Waals surface area (Å²) in [5.74, 6) is -2.45. The number of benzene rings is 3. The quantitative estimate of drug-likeness (QED) is 0.413. The van der Waals surface area contributed by atoms with Crippen LogP contribution < -0.4 is 9.62 Å². The highest BCUT2D eigenvalue weighted by Gasteiger charge is 2.29. The molecule has 3 rings (SSSR count). The average molecular weight is 497 g/mol. The van der Waals surface area contributed by atoms with Crippen LogP contribution >= 0.6 is 23.2 Å². The Morgan fingerprint density at radius 3 is 2.44 bits per heavy atom. The topological polar surface area (TPSA) is 66.5 Å². The summed E-state index contributed by atoms with van der Waals surface area (Å²) in [5, 5.41) is 2.26. The molecule has 0 aliphatic rings. The number of nitrogens with zero attached hydrogens (tertiary/aromatic N) is 1. The SMILES string of the molecule is C=CCN(c1ccccc1Cl)S(=O)(=O)c1cc(C(=O)Nc2cc(F)ccc2F)ccc1Cl. The summed E-state index contributed by atoms with van der Waals surface area (Å²) in [4.78, 5) is 12.2. The van der Waals surface area contributed by atoms with E-state index in [-0.39, 0.29) is 32.7 Å². The van der Waals surface area contributed by atoms with E-state index in [1.807, 2.05) is 0 Å². The smallest absolute Gasteiger partial charge is 0.266 e. The van der Waals surface area contributed by atoms with Gasteiger partial charge in [-0.25, -0.2) is 17.2 Å². The average Bonchev–Trinajstić information content (AvgIpc) is 2.75. The number of amides is 1. The number of carbonyl (C=O) groups is 1. The summed E-state index contributed by atoms with van der Waals surface area (Å²) in [6.07, 6.45) is 1.37. The number of para-hydroxylation sites is 1. The predicted octanol–water partition coefficient (Wildman–Crippen LogP) is 5.91. The first-order valence-electron chi connectivity index (χ1n) is 9.09. The molecule has 0 bridgehead atoms. The molecule has 0 radical (unpaired) electrons. The first-order valence-corrected chi connectivity index (χ1v) is 11.3. The molecule has 166 valence electrons.